The van der Waals surface area contributed by atoms with Crippen LogP contribution < -0.4 is 19.8 Å². The lowest BCUT2D eigenvalue weighted by Crippen LogP contribution is -2.11. The van der Waals surface area contributed by atoms with Gasteiger partial charge in [-0.2, -0.15) is 0 Å². The second kappa shape index (κ2) is 9.16. The Kier molecular flexibility index (Phi) is 6.14. The molecular formula is C25H19ClO6. The first kappa shape index (κ1) is 21.5. The van der Waals surface area contributed by atoms with Crippen molar-refractivity contribution in [2.75, 3.05) is 14.2 Å². The van der Waals surface area contributed by atoms with Crippen molar-refractivity contribution in [3.05, 3.63) is 87.7 Å². The molecule has 0 saturated heterocycles. The van der Waals surface area contributed by atoms with E-state index >= 15 is 0 Å². The van der Waals surface area contributed by atoms with Crippen molar-refractivity contribution in [3.8, 4) is 28.4 Å². The normalized spacial score (nSPS) is 10.7. The van der Waals surface area contributed by atoms with Gasteiger partial charge in [-0.15, -0.1) is 0 Å². The monoisotopic (exact) mass is 450 g/mol. The van der Waals surface area contributed by atoms with Gasteiger partial charge in [0.15, 0.2) is 0 Å². The van der Waals surface area contributed by atoms with Gasteiger partial charge in [0.25, 0.3) is 0 Å². The number of halogens is 1. The number of hydrogen-bond donors (Lipinski definition) is 0. The highest BCUT2D eigenvalue weighted by molar-refractivity contribution is 6.30. The van der Waals surface area contributed by atoms with Crippen LogP contribution >= 0.6 is 11.6 Å². The van der Waals surface area contributed by atoms with E-state index in [1.165, 1.54) is 13.2 Å². The quantitative estimate of drug-likeness (QED) is 0.226. The van der Waals surface area contributed by atoms with Crippen molar-refractivity contribution in [3.63, 3.8) is 0 Å². The topological polar surface area (TPSA) is 75.0 Å². The third-order valence-corrected chi connectivity index (χ3v) is 5.15. The highest BCUT2D eigenvalue weighted by atomic mass is 35.5. The predicted molar refractivity (Wildman–Crippen MR) is 122 cm³/mol. The average Bonchev–Trinajstić information content (AvgIpc) is 2.79. The summed E-state index contributed by atoms with van der Waals surface area (Å²) in [5.41, 5.74) is 1.43. The Morgan fingerprint density at radius 1 is 0.875 bits per heavy atom. The van der Waals surface area contributed by atoms with Crippen LogP contribution in [0.15, 0.2) is 75.9 Å². The molecule has 0 N–H and O–H groups in total. The first-order valence-electron chi connectivity index (χ1n) is 9.72. The van der Waals surface area contributed by atoms with Crippen LogP contribution in [-0.4, -0.2) is 20.2 Å². The molecule has 0 aliphatic rings. The molecule has 0 bridgehead atoms. The minimum atomic E-state index is -0.548. The van der Waals surface area contributed by atoms with E-state index in [4.69, 9.17) is 30.2 Å². The fraction of sp³-hybridized carbons (Fsp3) is 0.120. The number of carbonyl (C=O) groups excluding carboxylic acids is 1. The number of methoxy groups -OCH3 is 2. The summed E-state index contributed by atoms with van der Waals surface area (Å²) in [7, 11) is 3.07. The number of carbonyl (C=O) groups is 1. The lowest BCUT2D eigenvalue weighted by molar-refractivity contribution is -0.133. The molecule has 7 heteroatoms. The van der Waals surface area contributed by atoms with Crippen molar-refractivity contribution in [2.24, 2.45) is 0 Å². The van der Waals surface area contributed by atoms with E-state index in [0.29, 0.717) is 38.6 Å². The second-order valence-corrected chi connectivity index (χ2v) is 7.43. The molecule has 32 heavy (non-hydrogen) atoms. The van der Waals surface area contributed by atoms with E-state index in [1.54, 1.807) is 67.8 Å². The molecule has 0 fully saturated rings. The maximum Gasteiger partial charge on any atom is 0.344 e. The average molecular weight is 451 g/mol. The number of ether oxygens (including phenoxy) is 3. The molecule has 162 valence electrons. The fourth-order valence-corrected chi connectivity index (χ4v) is 3.43. The Balaban J connectivity index is 1.62. The maximum absolute atomic E-state index is 12.7. The first-order valence-corrected chi connectivity index (χ1v) is 10.1. The van der Waals surface area contributed by atoms with Gasteiger partial charge in [-0.25, -0.2) is 4.79 Å². The number of rotatable bonds is 6. The molecule has 1 heterocycles. The second-order valence-electron chi connectivity index (χ2n) is 6.99. The van der Waals surface area contributed by atoms with Gasteiger partial charge in [-0.3, -0.25) is 4.79 Å². The fourth-order valence-electron chi connectivity index (χ4n) is 3.30. The van der Waals surface area contributed by atoms with Crippen molar-refractivity contribution >= 4 is 28.5 Å². The van der Waals surface area contributed by atoms with Crippen LogP contribution in [-0.2, 0) is 11.2 Å². The van der Waals surface area contributed by atoms with Crippen LogP contribution in [0, 0.1) is 0 Å². The number of hydrogen-bond acceptors (Lipinski definition) is 6. The van der Waals surface area contributed by atoms with Gasteiger partial charge >= 0.3 is 11.6 Å². The zero-order valence-electron chi connectivity index (χ0n) is 17.4. The van der Waals surface area contributed by atoms with Crippen LogP contribution in [0.3, 0.4) is 0 Å². The predicted octanol–water partition coefficient (Wildman–Crippen LogP) is 5.28. The van der Waals surface area contributed by atoms with Crippen LogP contribution in [0.5, 0.6) is 17.2 Å². The van der Waals surface area contributed by atoms with Gasteiger partial charge in [0.2, 0.25) is 0 Å². The highest BCUT2D eigenvalue weighted by Gasteiger charge is 2.15. The van der Waals surface area contributed by atoms with E-state index < -0.39 is 11.6 Å². The van der Waals surface area contributed by atoms with E-state index in [9.17, 15) is 9.59 Å². The summed E-state index contributed by atoms with van der Waals surface area (Å²) in [6, 6.07) is 18.7. The molecule has 4 rings (SSSR count). The lowest BCUT2D eigenvalue weighted by atomic mass is 10.0. The molecule has 6 nitrogen and oxygen atoms in total. The van der Waals surface area contributed by atoms with Crippen LogP contribution in [0.4, 0.5) is 0 Å². The minimum absolute atomic E-state index is 0.0910. The van der Waals surface area contributed by atoms with E-state index in [0.717, 1.165) is 5.56 Å². The maximum atomic E-state index is 12.7. The molecule has 4 aromatic rings. The van der Waals surface area contributed by atoms with Gasteiger partial charge in [0.05, 0.1) is 26.2 Å². The van der Waals surface area contributed by atoms with E-state index in [2.05, 4.69) is 0 Å². The molecule has 0 unspecified atom stereocenters. The molecular weight excluding hydrogens is 432 g/mol. The standard InChI is InChI=1S/C25H19ClO6/c1-29-18-9-10-22(30-2)20(13-18)21-12-16-5-8-19(14-23(16)32-25(21)28)31-24(27)11-15-3-6-17(26)7-4-15/h3-10,12-14H,11H2,1-2H3. The number of fused-ring (bicyclic) bond motifs is 1. The first-order chi connectivity index (χ1) is 15.5. The van der Waals surface area contributed by atoms with Gasteiger partial charge in [-0.1, -0.05) is 23.7 Å². The Labute approximate surface area is 188 Å². The summed E-state index contributed by atoms with van der Waals surface area (Å²) >= 11 is 5.86. The summed E-state index contributed by atoms with van der Waals surface area (Å²) < 4.78 is 21.6. The summed E-state index contributed by atoms with van der Waals surface area (Å²) in [5, 5.41) is 1.26. The van der Waals surface area contributed by atoms with Crippen molar-refractivity contribution in [1.82, 2.24) is 0 Å². The molecule has 0 aliphatic heterocycles. The molecule has 0 saturated carbocycles. The molecule has 0 aliphatic carbocycles. The van der Waals surface area contributed by atoms with Gasteiger partial charge in [0, 0.05) is 22.0 Å². The molecule has 3 aromatic carbocycles. The minimum Gasteiger partial charge on any atom is -0.497 e. The zero-order chi connectivity index (χ0) is 22.7. The van der Waals surface area contributed by atoms with Crippen LogP contribution in [0.1, 0.15) is 5.56 Å². The summed E-state index contributed by atoms with van der Waals surface area (Å²) in [6.45, 7) is 0. The highest BCUT2D eigenvalue weighted by Crippen LogP contribution is 2.33. The molecule has 0 atom stereocenters. The Morgan fingerprint density at radius 2 is 1.62 bits per heavy atom. The third-order valence-electron chi connectivity index (χ3n) is 4.90. The van der Waals surface area contributed by atoms with Gasteiger partial charge in [0.1, 0.15) is 22.8 Å². The van der Waals surface area contributed by atoms with Gasteiger partial charge < -0.3 is 18.6 Å². The lowest BCUT2D eigenvalue weighted by Gasteiger charge is -2.11. The van der Waals surface area contributed by atoms with Crippen molar-refractivity contribution < 1.29 is 23.4 Å². The largest absolute Gasteiger partial charge is 0.497 e. The molecule has 1 aromatic heterocycles. The number of esters is 1. The van der Waals surface area contributed by atoms with Crippen LogP contribution in [0.2, 0.25) is 5.02 Å². The Morgan fingerprint density at radius 3 is 2.34 bits per heavy atom. The SMILES string of the molecule is COc1ccc(OC)c(-c2cc3ccc(OC(=O)Cc4ccc(Cl)cc4)cc3oc2=O)c1. The summed E-state index contributed by atoms with van der Waals surface area (Å²) in [6.07, 6.45) is 0.0910. The Hall–Kier alpha value is -3.77. The van der Waals surface area contributed by atoms with Crippen molar-refractivity contribution in [2.45, 2.75) is 6.42 Å². The zero-order valence-corrected chi connectivity index (χ0v) is 18.1. The van der Waals surface area contributed by atoms with Crippen LogP contribution in [0.25, 0.3) is 22.1 Å². The Bertz CT molecular complexity index is 1340. The molecule has 0 amide bonds. The van der Waals surface area contributed by atoms with E-state index in [1.807, 2.05) is 0 Å². The van der Waals surface area contributed by atoms with E-state index in [-0.39, 0.29) is 12.2 Å². The molecule has 0 radical (unpaired) electrons. The van der Waals surface area contributed by atoms with Gasteiger partial charge in [-0.05, 0) is 54.1 Å². The number of benzene rings is 3. The van der Waals surface area contributed by atoms with Crippen molar-refractivity contribution in [1.29, 1.82) is 0 Å². The summed E-state index contributed by atoms with van der Waals surface area (Å²) in [5.74, 6) is 0.950. The smallest absolute Gasteiger partial charge is 0.344 e. The third kappa shape index (κ3) is 4.60. The molecule has 0 spiro atoms. The summed E-state index contributed by atoms with van der Waals surface area (Å²) in [4.78, 5) is 25.0.